The first-order valence-corrected chi connectivity index (χ1v) is 8.64. The van der Waals surface area contributed by atoms with Gasteiger partial charge in [0.25, 0.3) is 5.56 Å². The predicted molar refractivity (Wildman–Crippen MR) is 103 cm³/mol. The van der Waals surface area contributed by atoms with E-state index in [4.69, 9.17) is 0 Å². The van der Waals surface area contributed by atoms with E-state index in [9.17, 15) is 23.1 Å². The maximum Gasteiger partial charge on any atom is 0.416 e. The highest BCUT2D eigenvalue weighted by Gasteiger charge is 2.31. The van der Waals surface area contributed by atoms with Crippen LogP contribution in [0.2, 0.25) is 0 Å². The number of rotatable bonds is 1. The third-order valence-electron chi connectivity index (χ3n) is 4.96. The lowest BCUT2D eigenvalue weighted by Crippen LogP contribution is -2.21. The van der Waals surface area contributed by atoms with Gasteiger partial charge in [-0.1, -0.05) is 24.3 Å². The fourth-order valence-corrected chi connectivity index (χ4v) is 3.68. The second kappa shape index (κ2) is 6.12. The topological polar surface area (TPSA) is 42.2 Å². The van der Waals surface area contributed by atoms with E-state index in [0.29, 0.717) is 22.0 Å². The van der Waals surface area contributed by atoms with Crippen LogP contribution >= 0.6 is 0 Å². The largest absolute Gasteiger partial charge is 0.508 e. The summed E-state index contributed by atoms with van der Waals surface area (Å²) in [5, 5.41) is 11.0. The molecule has 4 rings (SSSR count). The quantitative estimate of drug-likeness (QED) is 0.442. The minimum Gasteiger partial charge on any atom is -0.508 e. The standard InChI is InChI=1S/C22H16F3NO2/c1-12-4-3-5-13(2)20(12)26-19-11-15(27)7-9-17(19)16-8-6-14(22(23,24)25)10-18(16)21(26)28/h3-11,27H,1-2H3. The van der Waals surface area contributed by atoms with Gasteiger partial charge in [0.2, 0.25) is 0 Å². The number of fused-ring (bicyclic) bond motifs is 3. The number of phenols is 1. The van der Waals surface area contributed by atoms with Gasteiger partial charge in [-0.2, -0.15) is 13.2 Å². The van der Waals surface area contributed by atoms with Crippen LogP contribution < -0.4 is 5.56 Å². The Morgan fingerprint density at radius 1 is 0.857 bits per heavy atom. The monoisotopic (exact) mass is 383 g/mol. The van der Waals surface area contributed by atoms with Crippen LogP contribution in [-0.2, 0) is 6.18 Å². The molecule has 0 spiro atoms. The van der Waals surface area contributed by atoms with Crippen LogP contribution in [0.1, 0.15) is 16.7 Å². The molecule has 0 saturated heterocycles. The molecule has 0 unspecified atom stereocenters. The summed E-state index contributed by atoms with van der Waals surface area (Å²) < 4.78 is 41.1. The Balaban J connectivity index is 2.26. The van der Waals surface area contributed by atoms with Gasteiger partial charge in [0.05, 0.1) is 16.8 Å². The summed E-state index contributed by atoms with van der Waals surface area (Å²) in [5.74, 6) is -0.0295. The second-order valence-corrected chi connectivity index (χ2v) is 6.84. The lowest BCUT2D eigenvalue weighted by molar-refractivity contribution is -0.137. The number of pyridine rings is 1. The predicted octanol–water partition coefficient (Wildman–Crippen LogP) is 5.49. The molecule has 6 heteroatoms. The number of phenolic OH excluding ortho intramolecular Hbond substituents is 1. The summed E-state index contributed by atoms with van der Waals surface area (Å²) in [4.78, 5) is 13.4. The molecule has 142 valence electrons. The number of alkyl halides is 3. The summed E-state index contributed by atoms with van der Waals surface area (Å²) in [6.07, 6.45) is -4.55. The van der Waals surface area contributed by atoms with Crippen LogP contribution in [0.3, 0.4) is 0 Å². The molecular formula is C22H16F3NO2. The highest BCUT2D eigenvalue weighted by Crippen LogP contribution is 2.34. The number of halogens is 3. The van der Waals surface area contributed by atoms with E-state index in [1.807, 2.05) is 32.0 Å². The van der Waals surface area contributed by atoms with Crippen molar-refractivity contribution in [3.63, 3.8) is 0 Å². The molecule has 0 radical (unpaired) electrons. The van der Waals surface area contributed by atoms with E-state index >= 15 is 0 Å². The van der Waals surface area contributed by atoms with Crippen molar-refractivity contribution in [1.82, 2.24) is 4.57 Å². The molecule has 0 bridgehead atoms. The number of aromatic nitrogens is 1. The highest BCUT2D eigenvalue weighted by atomic mass is 19.4. The summed E-state index contributed by atoms with van der Waals surface area (Å²) in [6.45, 7) is 3.67. The number of hydrogen-bond acceptors (Lipinski definition) is 2. The first-order chi connectivity index (χ1) is 13.2. The van der Waals surface area contributed by atoms with Crippen molar-refractivity contribution in [3.05, 3.63) is 81.6 Å². The van der Waals surface area contributed by atoms with Gasteiger partial charge in [-0.15, -0.1) is 0 Å². The molecule has 0 aliphatic heterocycles. The first-order valence-electron chi connectivity index (χ1n) is 8.64. The van der Waals surface area contributed by atoms with Gasteiger partial charge < -0.3 is 5.11 Å². The summed E-state index contributed by atoms with van der Waals surface area (Å²) in [6, 6.07) is 13.2. The zero-order valence-corrected chi connectivity index (χ0v) is 15.1. The van der Waals surface area contributed by atoms with Crippen LogP contribution in [0.5, 0.6) is 5.75 Å². The molecular weight excluding hydrogens is 367 g/mol. The van der Waals surface area contributed by atoms with E-state index in [1.165, 1.54) is 22.8 Å². The molecule has 0 atom stereocenters. The zero-order valence-electron chi connectivity index (χ0n) is 15.1. The molecule has 4 aromatic rings. The van der Waals surface area contributed by atoms with Gasteiger partial charge in [-0.05, 0) is 54.6 Å². The molecule has 28 heavy (non-hydrogen) atoms. The van der Waals surface area contributed by atoms with E-state index < -0.39 is 17.3 Å². The van der Waals surface area contributed by atoms with Crippen molar-refractivity contribution in [2.75, 3.05) is 0 Å². The minimum atomic E-state index is -4.55. The minimum absolute atomic E-state index is 0.0179. The van der Waals surface area contributed by atoms with Crippen molar-refractivity contribution < 1.29 is 18.3 Å². The van der Waals surface area contributed by atoms with Crippen LogP contribution in [0.4, 0.5) is 13.2 Å². The van der Waals surface area contributed by atoms with Gasteiger partial charge in [0.1, 0.15) is 5.75 Å². The van der Waals surface area contributed by atoms with E-state index in [1.54, 1.807) is 6.07 Å². The number of benzene rings is 3. The second-order valence-electron chi connectivity index (χ2n) is 6.84. The molecule has 0 aliphatic rings. The van der Waals surface area contributed by atoms with E-state index in [0.717, 1.165) is 23.3 Å². The normalized spacial score (nSPS) is 12.0. The molecule has 0 aliphatic carbocycles. The Kier molecular flexibility index (Phi) is 3.96. The molecule has 3 aromatic carbocycles. The number of nitrogens with zero attached hydrogens (tertiary/aromatic N) is 1. The van der Waals surface area contributed by atoms with Gasteiger partial charge >= 0.3 is 6.18 Å². The molecule has 1 heterocycles. The lowest BCUT2D eigenvalue weighted by atomic mass is 10.0. The van der Waals surface area contributed by atoms with Gasteiger partial charge in [-0.25, -0.2) is 0 Å². The number of aryl methyl sites for hydroxylation is 2. The summed E-state index contributed by atoms with van der Waals surface area (Å²) in [5.41, 5.74) is 1.22. The number of aromatic hydroxyl groups is 1. The van der Waals surface area contributed by atoms with Gasteiger partial charge in [-0.3, -0.25) is 9.36 Å². The molecule has 1 N–H and O–H groups in total. The lowest BCUT2D eigenvalue weighted by Gasteiger charge is -2.18. The smallest absolute Gasteiger partial charge is 0.416 e. The van der Waals surface area contributed by atoms with Crippen LogP contribution in [0.15, 0.2) is 59.4 Å². The van der Waals surface area contributed by atoms with Crippen LogP contribution in [0, 0.1) is 13.8 Å². The molecule has 0 saturated carbocycles. The Labute approximate surface area is 158 Å². The number of hydrogen-bond donors (Lipinski definition) is 1. The van der Waals surface area contributed by atoms with Crippen molar-refractivity contribution in [2.45, 2.75) is 20.0 Å². The Morgan fingerprint density at radius 3 is 2.14 bits per heavy atom. The van der Waals surface area contributed by atoms with E-state index in [2.05, 4.69) is 0 Å². The Hall–Kier alpha value is -3.28. The molecule has 3 nitrogen and oxygen atoms in total. The summed E-state index contributed by atoms with van der Waals surface area (Å²) >= 11 is 0. The average Bonchev–Trinajstić information content (AvgIpc) is 2.62. The van der Waals surface area contributed by atoms with Crippen molar-refractivity contribution in [2.24, 2.45) is 0 Å². The van der Waals surface area contributed by atoms with Crippen LogP contribution in [-0.4, -0.2) is 9.67 Å². The Bertz CT molecular complexity index is 1280. The Morgan fingerprint density at radius 2 is 1.50 bits per heavy atom. The third-order valence-corrected chi connectivity index (χ3v) is 4.96. The zero-order chi connectivity index (χ0) is 20.2. The highest BCUT2D eigenvalue weighted by molar-refractivity contribution is 6.06. The maximum absolute atomic E-state index is 13.4. The van der Waals surface area contributed by atoms with Crippen LogP contribution in [0.25, 0.3) is 27.4 Å². The van der Waals surface area contributed by atoms with Crippen molar-refractivity contribution in [1.29, 1.82) is 0 Å². The summed E-state index contributed by atoms with van der Waals surface area (Å²) in [7, 11) is 0. The van der Waals surface area contributed by atoms with Gasteiger partial charge in [0, 0.05) is 16.8 Å². The molecule has 0 fully saturated rings. The van der Waals surface area contributed by atoms with Crippen molar-refractivity contribution in [3.8, 4) is 11.4 Å². The van der Waals surface area contributed by atoms with Crippen molar-refractivity contribution >= 4 is 21.7 Å². The average molecular weight is 383 g/mol. The molecule has 0 amide bonds. The van der Waals surface area contributed by atoms with Gasteiger partial charge in [0.15, 0.2) is 0 Å². The SMILES string of the molecule is Cc1cccc(C)c1-n1c(=O)c2cc(C(F)(F)F)ccc2c2ccc(O)cc21. The third kappa shape index (κ3) is 2.72. The molecule has 1 aromatic heterocycles. The maximum atomic E-state index is 13.4. The first kappa shape index (κ1) is 18.1. The fraction of sp³-hybridized carbons (Fsp3) is 0.136. The number of para-hydroxylation sites is 1. The fourth-order valence-electron chi connectivity index (χ4n) is 3.68. The van der Waals surface area contributed by atoms with E-state index in [-0.39, 0.29) is 11.1 Å².